The second-order valence-corrected chi connectivity index (χ2v) is 7.86. The molecule has 1 fully saturated rings. The third-order valence-corrected chi connectivity index (χ3v) is 5.91. The van der Waals surface area contributed by atoms with Crippen LogP contribution in [-0.4, -0.2) is 39.5 Å². The highest BCUT2D eigenvalue weighted by molar-refractivity contribution is 5.31. The van der Waals surface area contributed by atoms with Gasteiger partial charge >= 0.3 is 6.18 Å². The van der Waals surface area contributed by atoms with Gasteiger partial charge in [0.1, 0.15) is 0 Å². The Hall–Kier alpha value is -1.86. The van der Waals surface area contributed by atoms with Crippen LogP contribution in [0.2, 0.25) is 0 Å². The third-order valence-electron chi connectivity index (χ3n) is 5.91. The molecule has 0 atom stereocenters. The summed E-state index contributed by atoms with van der Waals surface area (Å²) in [6.07, 6.45) is -0.708. The van der Waals surface area contributed by atoms with Gasteiger partial charge in [0, 0.05) is 31.5 Å². The van der Waals surface area contributed by atoms with Crippen LogP contribution >= 0.6 is 0 Å². The number of aryl methyl sites for hydroxylation is 2. The average molecular weight is 395 g/mol. The maximum absolute atomic E-state index is 13.3. The second kappa shape index (κ2) is 8.25. The van der Waals surface area contributed by atoms with Gasteiger partial charge in [0.05, 0.1) is 11.3 Å². The molecule has 0 bridgehead atoms. The Morgan fingerprint density at radius 3 is 2.39 bits per heavy atom. The second-order valence-electron chi connectivity index (χ2n) is 7.86. The summed E-state index contributed by atoms with van der Waals surface area (Å²) < 4.78 is 41.9. The number of alkyl halides is 3. The predicted molar refractivity (Wildman–Crippen MR) is 102 cm³/mol. The Balaban J connectivity index is 1.68. The summed E-state index contributed by atoms with van der Waals surface area (Å²) in [5, 5.41) is 14.5. The van der Waals surface area contributed by atoms with E-state index in [2.05, 4.69) is 16.2 Å². The highest BCUT2D eigenvalue weighted by Gasteiger charge is 2.38. The quantitative estimate of drug-likeness (QED) is 0.802. The first-order valence-electron chi connectivity index (χ1n) is 9.77. The molecule has 1 aliphatic heterocycles. The van der Waals surface area contributed by atoms with Crippen molar-refractivity contribution in [2.75, 3.05) is 19.7 Å². The van der Waals surface area contributed by atoms with Crippen molar-refractivity contribution in [3.8, 4) is 0 Å². The van der Waals surface area contributed by atoms with E-state index < -0.39 is 17.2 Å². The first-order valence-corrected chi connectivity index (χ1v) is 9.77. The fourth-order valence-electron chi connectivity index (χ4n) is 4.05. The smallest absolute Gasteiger partial charge is 0.396 e. The summed E-state index contributed by atoms with van der Waals surface area (Å²) in [6, 6.07) is 5.72. The molecule has 0 amide bonds. The largest absolute Gasteiger partial charge is 0.416 e. The number of aromatic nitrogens is 2. The summed E-state index contributed by atoms with van der Waals surface area (Å²) in [7, 11) is 0. The molecule has 28 heavy (non-hydrogen) atoms. The number of rotatable bonds is 6. The molecule has 3 rings (SSSR count). The zero-order valence-electron chi connectivity index (χ0n) is 16.5. The van der Waals surface area contributed by atoms with Crippen LogP contribution in [0.4, 0.5) is 13.2 Å². The maximum Gasteiger partial charge on any atom is 0.416 e. The molecule has 0 aliphatic carbocycles. The van der Waals surface area contributed by atoms with Gasteiger partial charge in [-0.15, -0.1) is 0 Å². The number of nitrogens with zero attached hydrogens (tertiary/aromatic N) is 3. The predicted octanol–water partition coefficient (Wildman–Crippen LogP) is 4.05. The molecule has 7 heteroatoms. The van der Waals surface area contributed by atoms with Crippen LogP contribution in [0.1, 0.15) is 42.1 Å². The van der Waals surface area contributed by atoms with E-state index >= 15 is 0 Å². The van der Waals surface area contributed by atoms with Gasteiger partial charge in [0.2, 0.25) is 0 Å². The number of aliphatic hydroxyl groups excluding tert-OH is 1. The number of halogens is 3. The van der Waals surface area contributed by atoms with Crippen LogP contribution < -0.4 is 0 Å². The van der Waals surface area contributed by atoms with Crippen molar-refractivity contribution < 1.29 is 18.3 Å². The summed E-state index contributed by atoms with van der Waals surface area (Å²) in [4.78, 5) is 2.30. The molecule has 0 unspecified atom stereocenters. The van der Waals surface area contributed by atoms with Crippen molar-refractivity contribution in [1.82, 2.24) is 14.7 Å². The lowest BCUT2D eigenvalue weighted by atomic mass is 9.73. The van der Waals surface area contributed by atoms with Crippen LogP contribution in [0.3, 0.4) is 0 Å². The minimum atomic E-state index is -4.37. The van der Waals surface area contributed by atoms with Crippen molar-refractivity contribution >= 4 is 0 Å². The Bertz CT molecular complexity index is 792. The summed E-state index contributed by atoms with van der Waals surface area (Å²) in [6.45, 7) is 7.07. The fourth-order valence-corrected chi connectivity index (χ4v) is 4.05. The molecule has 2 aromatic rings. The SMILES string of the molecule is CCn1cc(CN2CCC(CO)(Cc3ccccc3C(F)(F)F)CC2)c(C)n1. The molecule has 0 spiro atoms. The molecular formula is C21H28F3N3O. The van der Waals surface area contributed by atoms with E-state index in [0.717, 1.165) is 37.9 Å². The number of benzene rings is 1. The van der Waals surface area contributed by atoms with E-state index in [4.69, 9.17) is 0 Å². The molecular weight excluding hydrogens is 367 g/mol. The molecule has 1 N–H and O–H groups in total. The van der Waals surface area contributed by atoms with Gasteiger partial charge in [-0.05, 0) is 63.2 Å². The molecule has 154 valence electrons. The van der Waals surface area contributed by atoms with Gasteiger partial charge in [-0.1, -0.05) is 18.2 Å². The lowest BCUT2D eigenvalue weighted by Crippen LogP contribution is -2.43. The monoisotopic (exact) mass is 395 g/mol. The highest BCUT2D eigenvalue weighted by Crippen LogP contribution is 2.39. The third kappa shape index (κ3) is 4.58. The van der Waals surface area contributed by atoms with Crippen molar-refractivity contribution in [2.45, 2.75) is 52.4 Å². The van der Waals surface area contributed by atoms with Crippen molar-refractivity contribution in [3.63, 3.8) is 0 Å². The van der Waals surface area contributed by atoms with Gasteiger partial charge in [-0.25, -0.2) is 0 Å². The standard InChI is InChI=1S/C21H28F3N3O/c1-3-27-14-18(16(2)25-27)13-26-10-8-20(15-28,9-11-26)12-17-6-4-5-7-19(17)21(22,23)24/h4-7,14,28H,3,8-13,15H2,1-2H3. The fraction of sp³-hybridized carbons (Fsp3) is 0.571. The lowest BCUT2D eigenvalue weighted by Gasteiger charge is -2.41. The molecule has 2 heterocycles. The van der Waals surface area contributed by atoms with Gasteiger partial charge in [0.25, 0.3) is 0 Å². The van der Waals surface area contributed by atoms with E-state index in [9.17, 15) is 18.3 Å². The van der Waals surface area contributed by atoms with E-state index in [1.807, 2.05) is 18.5 Å². The molecule has 1 aromatic heterocycles. The van der Waals surface area contributed by atoms with Crippen LogP contribution in [0.25, 0.3) is 0 Å². The summed E-state index contributed by atoms with van der Waals surface area (Å²) in [5.74, 6) is 0. The van der Waals surface area contributed by atoms with Crippen LogP contribution in [-0.2, 0) is 25.7 Å². The Morgan fingerprint density at radius 1 is 1.14 bits per heavy atom. The Kier molecular flexibility index (Phi) is 6.15. The Labute approximate surface area is 164 Å². The van der Waals surface area contributed by atoms with Crippen LogP contribution in [0, 0.1) is 12.3 Å². The summed E-state index contributed by atoms with van der Waals surface area (Å²) >= 11 is 0. The normalized spacial score (nSPS) is 17.8. The minimum Gasteiger partial charge on any atom is -0.396 e. The van der Waals surface area contributed by atoms with Gasteiger partial charge in [-0.2, -0.15) is 18.3 Å². The van der Waals surface area contributed by atoms with E-state index in [0.29, 0.717) is 12.8 Å². The number of hydrogen-bond donors (Lipinski definition) is 1. The summed E-state index contributed by atoms with van der Waals surface area (Å²) in [5.41, 5.74) is 1.38. The van der Waals surface area contributed by atoms with Gasteiger partial charge < -0.3 is 5.11 Å². The van der Waals surface area contributed by atoms with Crippen LogP contribution in [0.15, 0.2) is 30.5 Å². The average Bonchev–Trinajstić information content (AvgIpc) is 3.03. The van der Waals surface area contributed by atoms with Gasteiger partial charge in [0.15, 0.2) is 0 Å². The lowest BCUT2D eigenvalue weighted by molar-refractivity contribution is -0.138. The molecule has 1 saturated heterocycles. The Morgan fingerprint density at radius 2 is 1.82 bits per heavy atom. The van der Waals surface area contributed by atoms with Crippen molar-refractivity contribution in [2.24, 2.45) is 5.41 Å². The topological polar surface area (TPSA) is 41.3 Å². The van der Waals surface area contributed by atoms with E-state index in [-0.39, 0.29) is 18.6 Å². The number of likely N-dealkylation sites (tertiary alicyclic amines) is 1. The van der Waals surface area contributed by atoms with E-state index in [1.54, 1.807) is 6.07 Å². The van der Waals surface area contributed by atoms with Crippen LogP contribution in [0.5, 0.6) is 0 Å². The van der Waals surface area contributed by atoms with E-state index in [1.165, 1.54) is 17.7 Å². The van der Waals surface area contributed by atoms with Crippen molar-refractivity contribution in [3.05, 3.63) is 52.8 Å². The first-order chi connectivity index (χ1) is 13.3. The number of piperidine rings is 1. The zero-order chi connectivity index (χ0) is 20.4. The molecule has 1 aromatic carbocycles. The number of hydrogen-bond acceptors (Lipinski definition) is 3. The minimum absolute atomic E-state index is 0.0974. The number of aliphatic hydroxyl groups is 1. The maximum atomic E-state index is 13.3. The molecule has 4 nitrogen and oxygen atoms in total. The molecule has 1 aliphatic rings. The zero-order valence-corrected chi connectivity index (χ0v) is 16.5. The van der Waals surface area contributed by atoms with Gasteiger partial charge in [-0.3, -0.25) is 9.58 Å². The molecule has 0 radical (unpaired) electrons. The highest BCUT2D eigenvalue weighted by atomic mass is 19.4. The first kappa shape index (κ1) is 20.9. The van der Waals surface area contributed by atoms with Crippen molar-refractivity contribution in [1.29, 1.82) is 0 Å². The molecule has 0 saturated carbocycles.